The molecule has 1 heterocycles. The van der Waals surface area contributed by atoms with E-state index in [1.807, 2.05) is 0 Å². The molecular weight excluding hydrogens is 208 g/mol. The zero-order chi connectivity index (χ0) is 12.2. The van der Waals surface area contributed by atoms with Gasteiger partial charge in [0.05, 0.1) is 6.61 Å². The molecule has 0 aromatic carbocycles. The summed E-state index contributed by atoms with van der Waals surface area (Å²) in [5.41, 5.74) is 0.150. The molecule has 0 aliphatic rings. The monoisotopic (exact) mass is 224 g/mol. The average Bonchev–Trinajstić information content (AvgIpc) is 2.16. The molecule has 0 aliphatic carbocycles. The quantitative estimate of drug-likeness (QED) is 0.582. The molecule has 0 fully saturated rings. The molecule has 0 saturated heterocycles. The third-order valence-corrected chi connectivity index (χ3v) is 2.03. The van der Waals surface area contributed by atoms with Crippen molar-refractivity contribution in [2.75, 3.05) is 6.61 Å². The van der Waals surface area contributed by atoms with Gasteiger partial charge in [-0.15, -0.1) is 0 Å². The molecule has 0 radical (unpaired) electrons. The summed E-state index contributed by atoms with van der Waals surface area (Å²) in [6.45, 7) is 6.73. The van der Waals surface area contributed by atoms with E-state index in [1.165, 1.54) is 6.20 Å². The molecule has 0 N–H and O–H groups in total. The molecule has 0 aliphatic heterocycles. The maximum Gasteiger partial charge on any atom is 0.406 e. The van der Waals surface area contributed by atoms with E-state index in [1.54, 1.807) is 12.1 Å². The number of hydrogen-bond donors (Lipinski definition) is 0. The fourth-order valence-electron chi connectivity index (χ4n) is 1.10. The highest BCUT2D eigenvalue weighted by Gasteiger charge is 2.16. The van der Waals surface area contributed by atoms with Gasteiger partial charge >= 0.3 is 5.82 Å². The van der Waals surface area contributed by atoms with Crippen molar-refractivity contribution in [3.05, 3.63) is 28.4 Å². The third kappa shape index (κ3) is 3.84. The zero-order valence-electron chi connectivity index (χ0n) is 9.77. The lowest BCUT2D eigenvalue weighted by Crippen LogP contribution is -2.11. The minimum absolute atomic E-state index is 0.150. The van der Waals surface area contributed by atoms with Crippen LogP contribution in [0.3, 0.4) is 0 Å². The highest BCUT2D eigenvalue weighted by Crippen LogP contribution is 2.25. The van der Waals surface area contributed by atoms with Crippen LogP contribution in [-0.2, 0) is 0 Å². The van der Waals surface area contributed by atoms with Crippen LogP contribution in [0.5, 0.6) is 5.75 Å². The SMILES string of the molecule is CC(C)(C)CCOc1cccnc1[N+](=O)[O-]. The number of hydrogen-bond acceptors (Lipinski definition) is 4. The van der Waals surface area contributed by atoms with Gasteiger partial charge in [-0.1, -0.05) is 20.8 Å². The number of nitro groups is 1. The summed E-state index contributed by atoms with van der Waals surface area (Å²) in [5.74, 6) is 0.00755. The fourth-order valence-corrected chi connectivity index (χ4v) is 1.10. The molecule has 1 rings (SSSR count). The highest BCUT2D eigenvalue weighted by atomic mass is 16.6. The van der Waals surface area contributed by atoms with Crippen molar-refractivity contribution in [3.8, 4) is 5.75 Å². The molecule has 0 spiro atoms. The van der Waals surface area contributed by atoms with Crippen molar-refractivity contribution < 1.29 is 9.66 Å². The molecule has 0 bridgehead atoms. The summed E-state index contributed by atoms with van der Waals surface area (Å²) >= 11 is 0. The fraction of sp³-hybridized carbons (Fsp3) is 0.545. The number of aromatic nitrogens is 1. The Morgan fingerprint density at radius 2 is 2.19 bits per heavy atom. The van der Waals surface area contributed by atoms with E-state index in [4.69, 9.17) is 4.74 Å². The van der Waals surface area contributed by atoms with E-state index in [-0.39, 0.29) is 17.0 Å². The number of ether oxygens (including phenoxy) is 1. The van der Waals surface area contributed by atoms with Gasteiger partial charge in [0.1, 0.15) is 6.20 Å². The first-order chi connectivity index (χ1) is 7.40. The maximum atomic E-state index is 10.6. The first-order valence-corrected chi connectivity index (χ1v) is 5.12. The van der Waals surface area contributed by atoms with Gasteiger partial charge in [0.25, 0.3) is 0 Å². The van der Waals surface area contributed by atoms with Gasteiger partial charge < -0.3 is 14.9 Å². The van der Waals surface area contributed by atoms with E-state index in [0.717, 1.165) is 6.42 Å². The van der Waals surface area contributed by atoms with E-state index < -0.39 is 4.92 Å². The summed E-state index contributed by atoms with van der Waals surface area (Å²) in [7, 11) is 0. The minimum atomic E-state index is -0.535. The van der Waals surface area contributed by atoms with Crippen LogP contribution >= 0.6 is 0 Å². The molecule has 1 aromatic rings. The molecule has 16 heavy (non-hydrogen) atoms. The third-order valence-electron chi connectivity index (χ3n) is 2.03. The van der Waals surface area contributed by atoms with Gasteiger partial charge in [0.2, 0.25) is 5.75 Å². The molecule has 5 heteroatoms. The van der Waals surface area contributed by atoms with Gasteiger partial charge in [-0.3, -0.25) is 0 Å². The van der Waals surface area contributed by atoms with Crippen LogP contribution in [0.2, 0.25) is 0 Å². The van der Waals surface area contributed by atoms with Crippen molar-refractivity contribution in [2.24, 2.45) is 5.41 Å². The summed E-state index contributed by atoms with van der Waals surface area (Å²) in [4.78, 5) is 13.8. The lowest BCUT2D eigenvalue weighted by atomic mass is 9.93. The largest absolute Gasteiger partial charge is 0.486 e. The van der Waals surface area contributed by atoms with Gasteiger partial charge in [0, 0.05) is 0 Å². The first kappa shape index (κ1) is 12.4. The van der Waals surface area contributed by atoms with Crippen LogP contribution in [0.15, 0.2) is 18.3 Å². The Labute approximate surface area is 94.6 Å². The van der Waals surface area contributed by atoms with Crippen molar-refractivity contribution in [3.63, 3.8) is 0 Å². The second kappa shape index (κ2) is 4.92. The maximum absolute atomic E-state index is 10.6. The Balaban J connectivity index is 2.64. The van der Waals surface area contributed by atoms with Crippen LogP contribution < -0.4 is 4.74 Å². The Morgan fingerprint density at radius 1 is 1.50 bits per heavy atom. The molecule has 88 valence electrons. The van der Waals surface area contributed by atoms with E-state index in [0.29, 0.717) is 6.61 Å². The Kier molecular flexibility index (Phi) is 3.82. The second-order valence-corrected chi connectivity index (χ2v) is 4.74. The molecule has 0 unspecified atom stereocenters. The van der Waals surface area contributed by atoms with Crippen LogP contribution in [0, 0.1) is 15.5 Å². The van der Waals surface area contributed by atoms with E-state index in [2.05, 4.69) is 25.8 Å². The van der Waals surface area contributed by atoms with Crippen LogP contribution in [0.1, 0.15) is 27.2 Å². The number of nitrogens with zero attached hydrogens (tertiary/aromatic N) is 2. The smallest absolute Gasteiger partial charge is 0.406 e. The molecule has 1 aromatic heterocycles. The lowest BCUT2D eigenvalue weighted by Gasteiger charge is -2.17. The van der Waals surface area contributed by atoms with E-state index in [9.17, 15) is 10.1 Å². The second-order valence-electron chi connectivity index (χ2n) is 4.74. The molecule has 0 amide bonds. The van der Waals surface area contributed by atoms with Crippen LogP contribution in [-0.4, -0.2) is 16.5 Å². The average molecular weight is 224 g/mol. The minimum Gasteiger partial charge on any atom is -0.486 e. The lowest BCUT2D eigenvalue weighted by molar-refractivity contribution is -0.390. The normalized spacial score (nSPS) is 11.2. The molecule has 5 nitrogen and oxygen atoms in total. The highest BCUT2D eigenvalue weighted by molar-refractivity contribution is 5.38. The summed E-state index contributed by atoms with van der Waals surface area (Å²) in [5, 5.41) is 10.6. The van der Waals surface area contributed by atoms with Crippen molar-refractivity contribution >= 4 is 5.82 Å². The molecule has 0 saturated carbocycles. The first-order valence-electron chi connectivity index (χ1n) is 5.12. The predicted molar refractivity (Wildman–Crippen MR) is 60.5 cm³/mol. The van der Waals surface area contributed by atoms with Crippen LogP contribution in [0.25, 0.3) is 0 Å². The van der Waals surface area contributed by atoms with Gasteiger partial charge in [0.15, 0.2) is 0 Å². The topological polar surface area (TPSA) is 65.3 Å². The van der Waals surface area contributed by atoms with Crippen molar-refractivity contribution in [2.45, 2.75) is 27.2 Å². The summed E-state index contributed by atoms with van der Waals surface area (Å²) in [6, 6.07) is 3.19. The zero-order valence-corrected chi connectivity index (χ0v) is 9.77. The molecule has 0 atom stereocenters. The van der Waals surface area contributed by atoms with Crippen molar-refractivity contribution in [1.82, 2.24) is 4.98 Å². The molecular formula is C11H16N2O3. The Morgan fingerprint density at radius 3 is 2.75 bits per heavy atom. The van der Waals surface area contributed by atoms with Crippen molar-refractivity contribution in [1.29, 1.82) is 0 Å². The standard InChI is InChI=1S/C11H16N2O3/c1-11(2,3)6-8-16-9-5-4-7-12-10(9)13(14)15/h4-5,7H,6,8H2,1-3H3. The Hall–Kier alpha value is -1.65. The van der Waals surface area contributed by atoms with Gasteiger partial charge in [-0.25, -0.2) is 0 Å². The van der Waals surface area contributed by atoms with Gasteiger partial charge in [-0.2, -0.15) is 0 Å². The summed E-state index contributed by atoms with van der Waals surface area (Å²) in [6.07, 6.45) is 2.22. The van der Waals surface area contributed by atoms with Gasteiger partial charge in [-0.05, 0) is 33.9 Å². The predicted octanol–water partition coefficient (Wildman–Crippen LogP) is 2.80. The van der Waals surface area contributed by atoms with E-state index >= 15 is 0 Å². The summed E-state index contributed by atoms with van der Waals surface area (Å²) < 4.78 is 5.37. The Bertz CT molecular complexity index is 372. The van der Waals surface area contributed by atoms with Crippen LogP contribution in [0.4, 0.5) is 5.82 Å². The number of rotatable bonds is 4. The number of pyridine rings is 1.